The lowest BCUT2D eigenvalue weighted by molar-refractivity contribution is 0.196. The molecule has 0 saturated carbocycles. The lowest BCUT2D eigenvalue weighted by Crippen LogP contribution is -2.04. The van der Waals surface area contributed by atoms with Crippen LogP contribution in [0.3, 0.4) is 0 Å². The second kappa shape index (κ2) is 30.7. The van der Waals surface area contributed by atoms with E-state index in [-0.39, 0.29) is 0 Å². The highest BCUT2D eigenvalue weighted by molar-refractivity contribution is 4.86. The number of nitrogens with one attached hydrogen (secondary N) is 1. The highest BCUT2D eigenvalue weighted by atomic mass is 16.5. The number of hydrogen-bond donors (Lipinski definition) is 3. The molecule has 0 spiro atoms. The van der Waals surface area contributed by atoms with Crippen LogP contribution in [0.15, 0.2) is 12.3 Å². The van der Waals surface area contributed by atoms with Gasteiger partial charge in [0.15, 0.2) is 0 Å². The quantitative estimate of drug-likeness (QED) is 0.112. The molecule has 0 heterocycles. The number of aliphatic hydroxyl groups excluding tert-OH is 1. The molecule has 0 aromatic carbocycles. The Morgan fingerprint density at radius 3 is 1.03 bits per heavy atom. The Bertz CT molecular complexity index is 305. The van der Waals surface area contributed by atoms with E-state index in [1.165, 1.54) is 122 Å². The number of aliphatic hydroxyl groups is 1. The maximum Gasteiger partial charge on any atom is 0.0431 e. The normalized spacial score (nSPS) is 10.5. The lowest BCUT2D eigenvalue weighted by Gasteiger charge is -2.04. The highest BCUT2D eigenvalue weighted by Gasteiger charge is 1.96. The van der Waals surface area contributed by atoms with Gasteiger partial charge in [-0.15, -0.1) is 0 Å². The maximum absolute atomic E-state index is 8.72. The molecule has 3 N–H and O–H groups in total. The molecule has 0 atom stereocenters. The predicted octanol–water partition coefficient (Wildman–Crippen LogP) is 9.08. The van der Waals surface area contributed by atoms with E-state index < -0.39 is 0 Å². The van der Waals surface area contributed by atoms with Crippen LogP contribution in [0.1, 0.15) is 155 Å². The van der Waals surface area contributed by atoms with E-state index in [1.807, 2.05) is 0 Å². The topological polar surface area (TPSA) is 52.5 Å². The van der Waals surface area contributed by atoms with Crippen molar-refractivity contribution in [3.05, 3.63) is 12.3 Å². The van der Waals surface area contributed by atoms with Gasteiger partial charge in [-0.2, -0.15) is 0 Å². The third kappa shape index (κ3) is 32.1. The summed E-state index contributed by atoms with van der Waals surface area (Å²) in [6.45, 7) is 8.45. The first-order valence-corrected chi connectivity index (χ1v) is 13.4. The smallest absolute Gasteiger partial charge is 0.0431 e. The Hall–Kier alpha value is -0.540. The summed E-state index contributed by atoms with van der Waals surface area (Å²) in [4.78, 5) is 0. The summed E-state index contributed by atoms with van der Waals surface area (Å²) in [7, 11) is 0. The Labute approximate surface area is 190 Å². The number of hydroxylamine groups is 1. The minimum absolute atomic E-state index is 0.362. The van der Waals surface area contributed by atoms with E-state index in [1.54, 1.807) is 0 Å². The van der Waals surface area contributed by atoms with Gasteiger partial charge in [0.2, 0.25) is 0 Å². The Morgan fingerprint density at radius 1 is 0.533 bits per heavy atom. The fourth-order valence-corrected chi connectivity index (χ4v) is 3.51. The molecule has 0 rings (SSSR count). The van der Waals surface area contributed by atoms with Crippen molar-refractivity contribution in [2.24, 2.45) is 0 Å². The van der Waals surface area contributed by atoms with Crippen LogP contribution < -0.4 is 5.48 Å². The van der Waals surface area contributed by atoms with Gasteiger partial charge in [-0.1, -0.05) is 142 Å². The van der Waals surface area contributed by atoms with Crippen LogP contribution in [-0.4, -0.2) is 16.9 Å². The minimum Gasteiger partial charge on any atom is -0.396 e. The molecule has 182 valence electrons. The number of rotatable bonds is 23. The van der Waals surface area contributed by atoms with E-state index in [9.17, 15) is 0 Å². The molecule has 0 amide bonds. The molecular weight excluding hydrogens is 370 g/mol. The minimum atomic E-state index is 0.362. The van der Waals surface area contributed by atoms with E-state index in [0.29, 0.717) is 6.61 Å². The van der Waals surface area contributed by atoms with Crippen molar-refractivity contribution < 1.29 is 10.3 Å². The van der Waals surface area contributed by atoms with Gasteiger partial charge in [0.25, 0.3) is 0 Å². The summed E-state index contributed by atoms with van der Waals surface area (Å²) >= 11 is 0. The van der Waals surface area contributed by atoms with Gasteiger partial charge < -0.3 is 5.11 Å². The van der Waals surface area contributed by atoms with Crippen molar-refractivity contribution in [1.29, 1.82) is 0 Å². The third-order valence-corrected chi connectivity index (χ3v) is 5.79. The summed E-state index contributed by atoms with van der Waals surface area (Å²) < 4.78 is 0. The molecule has 0 saturated heterocycles. The molecule has 0 fully saturated rings. The molecule has 0 radical (unpaired) electrons. The van der Waals surface area contributed by atoms with Gasteiger partial charge in [-0.25, -0.2) is 0 Å². The largest absolute Gasteiger partial charge is 0.396 e. The Balaban J connectivity index is 0. The Kier molecular flexibility index (Phi) is 32.3. The van der Waals surface area contributed by atoms with Crippen molar-refractivity contribution in [1.82, 2.24) is 5.48 Å². The van der Waals surface area contributed by atoms with E-state index in [4.69, 9.17) is 10.3 Å². The third-order valence-electron chi connectivity index (χ3n) is 5.79. The molecule has 0 aliphatic rings. The SMILES string of the molecule is C=C(CCCCCCCCCCCCCCCCCCCCCO)NO.CCCC. The second-order valence-electron chi connectivity index (χ2n) is 8.91. The average molecular weight is 428 g/mol. The summed E-state index contributed by atoms with van der Waals surface area (Å²) in [6.07, 6.45) is 29.0. The van der Waals surface area contributed by atoms with Crippen molar-refractivity contribution in [3.63, 3.8) is 0 Å². The monoisotopic (exact) mass is 427 g/mol. The second-order valence-corrected chi connectivity index (χ2v) is 8.91. The van der Waals surface area contributed by atoms with E-state index in [0.717, 1.165) is 25.0 Å². The van der Waals surface area contributed by atoms with Gasteiger partial charge >= 0.3 is 0 Å². The zero-order valence-corrected chi connectivity index (χ0v) is 20.9. The summed E-state index contributed by atoms with van der Waals surface area (Å²) in [5.74, 6) is 0. The molecule has 0 aliphatic heterocycles. The first-order chi connectivity index (χ1) is 14.7. The molecule has 3 nitrogen and oxygen atoms in total. The van der Waals surface area contributed by atoms with Crippen molar-refractivity contribution >= 4 is 0 Å². The zero-order chi connectivity index (χ0) is 22.5. The number of hydrogen-bond acceptors (Lipinski definition) is 3. The van der Waals surface area contributed by atoms with E-state index >= 15 is 0 Å². The Morgan fingerprint density at radius 2 is 0.800 bits per heavy atom. The molecule has 0 bridgehead atoms. The molecule has 0 unspecified atom stereocenters. The number of allylic oxidation sites excluding steroid dienone is 1. The molecule has 0 aliphatic carbocycles. The molecule has 0 aromatic rings. The average Bonchev–Trinajstić information content (AvgIpc) is 2.77. The molecule has 30 heavy (non-hydrogen) atoms. The zero-order valence-electron chi connectivity index (χ0n) is 20.9. The van der Waals surface area contributed by atoms with E-state index in [2.05, 4.69) is 25.9 Å². The fraction of sp³-hybridized carbons (Fsp3) is 0.926. The van der Waals surface area contributed by atoms with Crippen molar-refractivity contribution in [2.45, 2.75) is 155 Å². The first-order valence-electron chi connectivity index (χ1n) is 13.4. The summed E-state index contributed by atoms with van der Waals surface area (Å²) in [6, 6.07) is 0. The molecule has 3 heteroatoms. The molecular formula is C27H57NO2. The lowest BCUT2D eigenvalue weighted by atomic mass is 10.0. The van der Waals surface area contributed by atoms with Crippen LogP contribution >= 0.6 is 0 Å². The van der Waals surface area contributed by atoms with Gasteiger partial charge in [-0.3, -0.25) is 10.7 Å². The fourth-order valence-electron chi connectivity index (χ4n) is 3.51. The van der Waals surface area contributed by atoms with Gasteiger partial charge in [0.05, 0.1) is 0 Å². The summed E-state index contributed by atoms with van der Waals surface area (Å²) in [5, 5.41) is 17.4. The van der Waals surface area contributed by atoms with Gasteiger partial charge in [-0.05, 0) is 19.3 Å². The standard InChI is InChI=1S/C23H47NO2.C4H10/c1-23(24-26)21-19-17-15-13-11-9-7-5-3-2-4-6-8-10-12-14-16-18-20-22-25;1-3-4-2/h24-26H,1-22H2;3-4H2,1-2H3. The maximum atomic E-state index is 8.72. The van der Waals surface area contributed by atoms with Crippen LogP contribution in [-0.2, 0) is 0 Å². The van der Waals surface area contributed by atoms with Crippen LogP contribution in [0.4, 0.5) is 0 Å². The van der Waals surface area contributed by atoms with Crippen LogP contribution in [0.5, 0.6) is 0 Å². The van der Waals surface area contributed by atoms with Crippen LogP contribution in [0, 0.1) is 0 Å². The number of unbranched alkanes of at least 4 members (excludes halogenated alkanes) is 19. The highest BCUT2D eigenvalue weighted by Crippen LogP contribution is 2.15. The first kappa shape index (κ1) is 31.6. The predicted molar refractivity (Wildman–Crippen MR) is 134 cm³/mol. The van der Waals surface area contributed by atoms with Crippen LogP contribution in [0.25, 0.3) is 0 Å². The van der Waals surface area contributed by atoms with Crippen LogP contribution in [0.2, 0.25) is 0 Å². The van der Waals surface area contributed by atoms with Gasteiger partial charge in [0, 0.05) is 12.3 Å². The summed E-state index contributed by atoms with van der Waals surface area (Å²) in [5.41, 5.74) is 2.86. The van der Waals surface area contributed by atoms with Crippen molar-refractivity contribution in [3.8, 4) is 0 Å². The van der Waals surface area contributed by atoms with Gasteiger partial charge in [0.1, 0.15) is 0 Å². The molecule has 0 aromatic heterocycles. The van der Waals surface area contributed by atoms with Crippen molar-refractivity contribution in [2.75, 3.05) is 6.61 Å².